The molecule has 2 aromatic carbocycles. The Labute approximate surface area is 249 Å². The number of nitrogens with zero attached hydrogens (tertiary/aromatic N) is 2. The normalized spacial score (nSPS) is 13.2. The van der Waals surface area contributed by atoms with Gasteiger partial charge in [0.2, 0.25) is 0 Å². The molecule has 1 aliphatic rings. The van der Waals surface area contributed by atoms with Crippen molar-refractivity contribution < 1.29 is 42.2 Å². The second kappa shape index (κ2) is 16.7. The van der Waals surface area contributed by atoms with Gasteiger partial charge in [0, 0.05) is 94.6 Å². The molecule has 0 bridgehead atoms. The first-order valence-corrected chi connectivity index (χ1v) is 12.6. The summed E-state index contributed by atoms with van der Waals surface area (Å²) in [5.74, 6) is 0.842. The van der Waals surface area contributed by atoms with Crippen LogP contribution in [0.3, 0.4) is 0 Å². The molecule has 1 saturated heterocycles. The van der Waals surface area contributed by atoms with Crippen LogP contribution in [0.2, 0.25) is 5.02 Å². The van der Waals surface area contributed by atoms with Gasteiger partial charge in [-0.3, -0.25) is 4.90 Å². The molecule has 1 radical (unpaired) electrons. The minimum absolute atomic E-state index is 0. The average molecular weight is 609 g/mol. The number of fused-ring (bicyclic) bond motifs is 1. The van der Waals surface area contributed by atoms with Crippen molar-refractivity contribution in [1.82, 2.24) is 10.2 Å². The van der Waals surface area contributed by atoms with Gasteiger partial charge in [-0.15, -0.1) is 0 Å². The van der Waals surface area contributed by atoms with Crippen molar-refractivity contribution in [3.8, 4) is 5.75 Å². The number of hydrogen-bond donors (Lipinski definition) is 4. The summed E-state index contributed by atoms with van der Waals surface area (Å²) >= 11 is 9.98. The van der Waals surface area contributed by atoms with Gasteiger partial charge in [0.1, 0.15) is 11.3 Å². The Hall–Kier alpha value is -1.13. The number of thiol groups is 1. The molecular weight excluding hydrogens is 573 g/mol. The minimum Gasteiger partial charge on any atom is -0.668 e. The average Bonchev–Trinajstić information content (AvgIpc) is 2.82. The molecule has 1 aliphatic heterocycles. The van der Waals surface area contributed by atoms with E-state index in [2.05, 4.69) is 28.2 Å². The Morgan fingerprint density at radius 1 is 1.22 bits per heavy atom. The molecule has 4 N–H and O–H groups in total. The van der Waals surface area contributed by atoms with E-state index in [1.54, 1.807) is 20.2 Å². The topological polar surface area (TPSA) is 106 Å². The molecule has 195 valence electrons. The summed E-state index contributed by atoms with van der Waals surface area (Å²) in [5.41, 5.74) is 10.2. The summed E-state index contributed by atoms with van der Waals surface area (Å²) in [7, 11) is 3.50. The molecule has 0 amide bonds. The van der Waals surface area contributed by atoms with Crippen molar-refractivity contribution >= 4 is 40.9 Å². The van der Waals surface area contributed by atoms with Gasteiger partial charge in [-0.1, -0.05) is 30.7 Å². The van der Waals surface area contributed by atoms with Crippen molar-refractivity contribution in [3.05, 3.63) is 73.3 Å². The monoisotopic (exact) mass is 608 g/mol. The molecule has 0 atom stereocenters. The third kappa shape index (κ3) is 9.01. The van der Waals surface area contributed by atoms with E-state index < -0.39 is 5.63 Å². The largest absolute Gasteiger partial charge is 0.668 e. The van der Waals surface area contributed by atoms with E-state index in [-0.39, 0.29) is 43.5 Å². The van der Waals surface area contributed by atoms with Crippen LogP contribution in [0.5, 0.6) is 5.75 Å². The summed E-state index contributed by atoms with van der Waals surface area (Å²) in [6, 6.07) is 8.82. The van der Waals surface area contributed by atoms with Crippen LogP contribution < -0.4 is 16.7 Å². The fourth-order valence-electron chi connectivity index (χ4n) is 3.85. The molecule has 0 aliphatic carbocycles. The number of halogens is 1. The first-order valence-electron chi connectivity index (χ1n) is 11.6. The van der Waals surface area contributed by atoms with E-state index in [0.717, 1.165) is 54.0 Å². The number of phenolic OH excluding ortho intramolecular Hbond substituents is 1. The number of hydrogen-bond acceptors (Lipinski definition) is 7. The molecule has 2 heterocycles. The molecular formula is C26H36ClN4O3SY-. The van der Waals surface area contributed by atoms with Gasteiger partial charge in [-0.25, -0.2) is 4.79 Å². The van der Waals surface area contributed by atoms with Gasteiger partial charge in [-0.2, -0.15) is 26.7 Å². The zero-order valence-corrected chi connectivity index (χ0v) is 26.0. The maximum absolute atomic E-state index is 12.9. The van der Waals surface area contributed by atoms with E-state index in [0.29, 0.717) is 29.8 Å². The molecule has 1 fully saturated rings. The molecule has 0 unspecified atom stereocenters. The molecule has 3 aromatic rings. The summed E-state index contributed by atoms with van der Waals surface area (Å²) in [4.78, 5) is 15.3. The van der Waals surface area contributed by atoms with Gasteiger partial charge in [0.05, 0.1) is 5.02 Å². The van der Waals surface area contributed by atoms with Crippen molar-refractivity contribution in [2.45, 2.75) is 26.8 Å². The second-order valence-electron chi connectivity index (χ2n) is 8.24. The Morgan fingerprint density at radius 2 is 1.83 bits per heavy atom. The number of nitrogens with two attached hydrogens (primary N) is 1. The van der Waals surface area contributed by atoms with Crippen molar-refractivity contribution in [3.63, 3.8) is 0 Å². The molecule has 10 heteroatoms. The Bertz CT molecular complexity index is 1170. The van der Waals surface area contributed by atoms with Crippen LogP contribution in [0.15, 0.2) is 39.5 Å². The number of piperazine rings is 1. The predicted molar refractivity (Wildman–Crippen MR) is 150 cm³/mol. The Morgan fingerprint density at radius 3 is 2.44 bits per heavy atom. The van der Waals surface area contributed by atoms with E-state index in [9.17, 15) is 9.90 Å². The number of rotatable bonds is 4. The van der Waals surface area contributed by atoms with Crippen molar-refractivity contribution in [1.29, 1.82) is 0 Å². The molecule has 36 heavy (non-hydrogen) atoms. The van der Waals surface area contributed by atoms with Crippen LogP contribution in [-0.2, 0) is 45.7 Å². The number of aromatic hydroxyl groups is 1. The predicted octanol–water partition coefficient (Wildman–Crippen LogP) is 4.59. The fraction of sp³-hybridized carbons (Fsp3) is 0.423. The Balaban J connectivity index is 0.000000845. The standard InChI is InChI=1S/C22H24ClN3O3.C2H6N.C2H6S.Y/c1-13-14(3-2-4-19(13)24)9-16-17(12-26-7-5-25-6-8-26)15-10-18(23)20(27)11-21(15)29-22(16)28;1-3-2;1-2-3;/h2-4,10-11,25,27H,5-9,12,24H2,1H3;1-2H3;3H,2H2,1H3;/q;-1;;. The number of phenols is 1. The van der Waals surface area contributed by atoms with Crippen LogP contribution in [-0.4, -0.2) is 56.0 Å². The van der Waals surface area contributed by atoms with Gasteiger partial charge in [0.25, 0.3) is 0 Å². The van der Waals surface area contributed by atoms with Gasteiger partial charge < -0.3 is 25.9 Å². The Kier molecular flexibility index (Phi) is 15.2. The number of anilines is 1. The third-order valence-corrected chi connectivity index (χ3v) is 5.94. The summed E-state index contributed by atoms with van der Waals surface area (Å²) < 4.78 is 5.56. The zero-order valence-electron chi connectivity index (χ0n) is 21.5. The number of benzene rings is 2. The van der Waals surface area contributed by atoms with Gasteiger partial charge in [-0.05, 0) is 41.5 Å². The fourth-order valence-corrected chi connectivity index (χ4v) is 4.01. The second-order valence-corrected chi connectivity index (χ2v) is 9.28. The third-order valence-electron chi connectivity index (χ3n) is 5.63. The first kappa shape index (κ1) is 32.9. The first-order chi connectivity index (χ1) is 16.8. The smallest absolute Gasteiger partial charge is 0.340 e. The quantitative estimate of drug-likeness (QED) is 0.196. The van der Waals surface area contributed by atoms with E-state index in [1.807, 2.05) is 32.0 Å². The summed E-state index contributed by atoms with van der Waals surface area (Å²) in [5, 5.41) is 17.8. The van der Waals surface area contributed by atoms with E-state index >= 15 is 0 Å². The van der Waals surface area contributed by atoms with Gasteiger partial charge in [0.15, 0.2) is 0 Å². The maximum atomic E-state index is 12.9. The van der Waals surface area contributed by atoms with Crippen molar-refractivity contribution in [2.24, 2.45) is 0 Å². The van der Waals surface area contributed by atoms with Crippen LogP contribution in [0.4, 0.5) is 5.69 Å². The van der Waals surface area contributed by atoms with E-state index in [4.69, 9.17) is 21.8 Å². The zero-order chi connectivity index (χ0) is 26.0. The molecule has 4 rings (SSSR count). The van der Waals surface area contributed by atoms with Crippen LogP contribution in [0.1, 0.15) is 29.2 Å². The van der Waals surface area contributed by atoms with Gasteiger partial charge >= 0.3 is 5.63 Å². The minimum atomic E-state index is -0.397. The molecule has 0 spiro atoms. The maximum Gasteiger partial charge on any atom is 0.340 e. The molecule has 7 nitrogen and oxygen atoms in total. The molecule has 0 saturated carbocycles. The van der Waals surface area contributed by atoms with Crippen LogP contribution >= 0.6 is 24.2 Å². The molecule has 1 aromatic heterocycles. The van der Waals surface area contributed by atoms with E-state index in [1.165, 1.54) is 6.07 Å². The van der Waals surface area contributed by atoms with Crippen LogP contribution in [0, 0.1) is 6.92 Å². The summed E-state index contributed by atoms with van der Waals surface area (Å²) in [6.45, 7) is 8.16. The van der Waals surface area contributed by atoms with Crippen LogP contribution in [0.25, 0.3) is 16.3 Å². The number of nitrogen functional groups attached to an aromatic ring is 1. The summed E-state index contributed by atoms with van der Waals surface area (Å²) in [6.07, 6.45) is 0.426. The van der Waals surface area contributed by atoms with Crippen molar-refractivity contribution in [2.75, 3.05) is 51.8 Å². The SMILES string of the molecule is CCS.C[N-]C.Cc1c(N)cccc1Cc1c(CN2CCNCC2)c2cc(Cl)c(O)cc2oc1=O.[Y]. The number of nitrogens with one attached hydrogen (secondary N) is 1.